The number of benzene rings is 8. The third kappa shape index (κ3) is 9.47. The van der Waals surface area contributed by atoms with E-state index in [1.165, 1.54) is 0 Å². The molecule has 8 nitrogen and oxygen atoms in total. The van der Waals surface area contributed by atoms with Crippen molar-refractivity contribution < 1.29 is 0 Å². The zero-order chi connectivity index (χ0) is 51.0. The number of nitrogens with zero attached hydrogens (tertiary/aromatic N) is 8. The number of imidazole rings is 1. The lowest BCUT2D eigenvalue weighted by atomic mass is 9.95. The van der Waals surface area contributed by atoms with Crippen LogP contribution in [-0.4, -0.2) is 20.3 Å². The third-order valence-corrected chi connectivity index (χ3v) is 13.0. The van der Waals surface area contributed by atoms with Gasteiger partial charge in [0.25, 0.3) is 0 Å². The fourth-order valence-electron chi connectivity index (χ4n) is 9.14. The molecule has 1 aromatic heterocycles. The second kappa shape index (κ2) is 21.0. The van der Waals surface area contributed by atoms with Crippen molar-refractivity contribution in [2.24, 2.45) is 4.99 Å². The zero-order valence-electron chi connectivity index (χ0n) is 40.1. The summed E-state index contributed by atoms with van der Waals surface area (Å²) in [5.41, 5.74) is 18.0. The lowest BCUT2D eigenvalue weighted by Crippen LogP contribution is -2.32. The van der Waals surface area contributed by atoms with E-state index < -0.39 is 0 Å². The van der Waals surface area contributed by atoms with Gasteiger partial charge in [0.1, 0.15) is 11.7 Å². The second-order valence-corrected chi connectivity index (χ2v) is 17.3. The van der Waals surface area contributed by atoms with Crippen molar-refractivity contribution in [3.05, 3.63) is 256 Å². The molecule has 0 spiro atoms. The number of hydrogen-bond acceptors (Lipinski definition) is 7. The summed E-state index contributed by atoms with van der Waals surface area (Å²) in [6.07, 6.45) is 8.00. The van der Waals surface area contributed by atoms with Crippen LogP contribution in [0.5, 0.6) is 0 Å². The van der Waals surface area contributed by atoms with Gasteiger partial charge in [0.05, 0.1) is 75.8 Å². The number of amidine groups is 1. The quantitative estimate of drug-likeness (QED) is 0.0992. The number of aromatic nitrogens is 2. The highest BCUT2D eigenvalue weighted by atomic mass is 15.2. The molecule has 344 valence electrons. The molecule has 0 unspecified atom stereocenters. The molecule has 0 saturated carbocycles. The molecule has 0 saturated heterocycles. The molecular weight excluding hydrogens is 893 g/mol. The van der Waals surface area contributed by atoms with Gasteiger partial charge < -0.3 is 4.90 Å². The van der Waals surface area contributed by atoms with Gasteiger partial charge in [0.2, 0.25) is 0 Å². The van der Waals surface area contributed by atoms with E-state index in [0.717, 1.165) is 107 Å². The van der Waals surface area contributed by atoms with Crippen molar-refractivity contribution in [2.75, 3.05) is 0 Å². The molecule has 2 heterocycles. The van der Waals surface area contributed by atoms with Gasteiger partial charge in [-0.15, -0.1) is 12.8 Å². The summed E-state index contributed by atoms with van der Waals surface area (Å²) in [6, 6.07) is 72.4. The minimum absolute atomic E-state index is 0.551. The number of para-hydroxylation sites is 1. The van der Waals surface area contributed by atoms with Gasteiger partial charge in [-0.1, -0.05) is 146 Å². The number of rotatable bonds is 10. The van der Waals surface area contributed by atoms with Crippen molar-refractivity contribution in [2.45, 2.75) is 20.4 Å². The smallest absolute Gasteiger partial charge is 0.146 e. The monoisotopic (exact) mass is 936 g/mol. The van der Waals surface area contributed by atoms with Gasteiger partial charge >= 0.3 is 0 Å². The number of allylic oxidation sites excluding steroid dienone is 1. The van der Waals surface area contributed by atoms with Crippen LogP contribution in [0, 0.1) is 65.1 Å². The molecule has 0 N–H and O–H groups in total. The summed E-state index contributed by atoms with van der Waals surface area (Å²) in [5.74, 6) is 1.51. The number of hydrogen-bond donors (Lipinski definition) is 0. The van der Waals surface area contributed by atoms with Crippen molar-refractivity contribution in [3.63, 3.8) is 0 Å². The molecule has 73 heavy (non-hydrogen) atoms. The number of terminal acetylenes is 1. The summed E-state index contributed by atoms with van der Waals surface area (Å²) in [6.45, 7) is 9.44. The van der Waals surface area contributed by atoms with Crippen LogP contribution in [0.1, 0.15) is 62.6 Å². The highest BCUT2D eigenvalue weighted by molar-refractivity contribution is 6.09. The van der Waals surface area contributed by atoms with E-state index in [-0.39, 0.29) is 0 Å². The second-order valence-electron chi connectivity index (χ2n) is 17.3. The average molecular weight is 937 g/mol. The highest BCUT2D eigenvalue weighted by Gasteiger charge is 2.28. The van der Waals surface area contributed by atoms with Crippen molar-refractivity contribution in [1.29, 1.82) is 21.0 Å². The standard InChI is InChI=1S/C63H42N8.C2H2/c1-41-8-4-6-10-57(41)63-69-59(52-22-14-45(37-65)15-23-52)61(54-26-18-47(39-67)19-27-54)71(63)43(3)49-28-30-50(31-29-49)51-32-34-55(35-33-51)62-68-58-11-7-5-9-56(58)40-70(62)60(53-24-16-46(38-66)17-25-53)42(2)48-20-12-44(36-64)13-21-48;1-2/h4-35H,3,40H2,1-2H3;1-2H/b60-42+;. The summed E-state index contributed by atoms with van der Waals surface area (Å²) < 4.78 is 2.11. The van der Waals surface area contributed by atoms with Crippen LogP contribution in [0.3, 0.4) is 0 Å². The Morgan fingerprint density at radius 3 is 1.53 bits per heavy atom. The van der Waals surface area contributed by atoms with E-state index in [2.05, 4.69) is 127 Å². The Balaban J connectivity index is 0.00000324. The molecular formula is C65H44N8. The molecule has 8 aromatic carbocycles. The maximum absolute atomic E-state index is 9.69. The first-order valence-electron chi connectivity index (χ1n) is 23.3. The molecule has 8 heteroatoms. The maximum atomic E-state index is 9.69. The molecule has 0 amide bonds. The van der Waals surface area contributed by atoms with Gasteiger partial charge in [-0.05, 0) is 113 Å². The van der Waals surface area contributed by atoms with Crippen LogP contribution in [0.2, 0.25) is 0 Å². The maximum Gasteiger partial charge on any atom is 0.146 e. The molecule has 10 rings (SSSR count). The van der Waals surface area contributed by atoms with E-state index in [9.17, 15) is 21.0 Å². The summed E-state index contributed by atoms with van der Waals surface area (Å²) in [5, 5.41) is 38.5. The highest BCUT2D eigenvalue weighted by Crippen LogP contribution is 2.42. The Bertz CT molecular complexity index is 3810. The first-order valence-corrected chi connectivity index (χ1v) is 23.3. The minimum Gasteiger partial charge on any atom is -0.321 e. The van der Waals surface area contributed by atoms with E-state index in [1.807, 2.05) is 115 Å². The first-order chi connectivity index (χ1) is 35.7. The van der Waals surface area contributed by atoms with Gasteiger partial charge in [-0.2, -0.15) is 21.0 Å². The average Bonchev–Trinajstić information content (AvgIpc) is 3.86. The predicted molar refractivity (Wildman–Crippen MR) is 292 cm³/mol. The SMILES string of the molecule is C#C.C=C(c1ccc(-c2ccc(C3=Nc4ccccc4CN3/C(=C(\C)c3ccc(C#N)cc3)c3ccc(C#N)cc3)cc2)cc1)n1c(-c2ccccc2C)nc(-c2ccc(C#N)cc2)c1-c1ccc(C#N)cc1. The Hall–Kier alpha value is -10.6. The van der Waals surface area contributed by atoms with Gasteiger partial charge in [-0.25, -0.2) is 9.98 Å². The van der Waals surface area contributed by atoms with Gasteiger partial charge in [0, 0.05) is 28.0 Å². The van der Waals surface area contributed by atoms with Gasteiger partial charge in [-0.3, -0.25) is 4.57 Å². The molecule has 1 aliphatic rings. The largest absolute Gasteiger partial charge is 0.321 e. The van der Waals surface area contributed by atoms with E-state index in [0.29, 0.717) is 28.8 Å². The molecule has 0 bridgehead atoms. The Morgan fingerprint density at radius 2 is 0.973 bits per heavy atom. The molecule has 0 radical (unpaired) electrons. The number of aliphatic imine (C=N–C) groups is 1. The topological polar surface area (TPSA) is 129 Å². The summed E-state index contributed by atoms with van der Waals surface area (Å²) in [4.78, 5) is 12.9. The van der Waals surface area contributed by atoms with Crippen LogP contribution in [-0.2, 0) is 6.54 Å². The lowest BCUT2D eigenvalue weighted by Gasteiger charge is -2.34. The van der Waals surface area contributed by atoms with Crippen LogP contribution in [0.25, 0.3) is 62.0 Å². The predicted octanol–water partition coefficient (Wildman–Crippen LogP) is 14.6. The van der Waals surface area contributed by atoms with Crippen LogP contribution in [0.4, 0.5) is 5.69 Å². The fourth-order valence-corrected chi connectivity index (χ4v) is 9.14. The number of nitriles is 4. The Labute approximate surface area is 425 Å². The van der Waals surface area contributed by atoms with Crippen LogP contribution >= 0.6 is 0 Å². The normalized spacial score (nSPS) is 11.7. The molecule has 9 aromatic rings. The lowest BCUT2D eigenvalue weighted by molar-refractivity contribution is 0.570. The van der Waals surface area contributed by atoms with E-state index in [1.54, 1.807) is 12.1 Å². The summed E-state index contributed by atoms with van der Waals surface area (Å²) in [7, 11) is 0. The fraction of sp³-hybridized carbons (Fsp3) is 0.0462. The molecule has 0 aliphatic carbocycles. The first kappa shape index (κ1) is 47.5. The van der Waals surface area contributed by atoms with E-state index >= 15 is 0 Å². The van der Waals surface area contributed by atoms with Gasteiger partial charge in [0.15, 0.2) is 0 Å². The Morgan fingerprint density at radius 1 is 0.521 bits per heavy atom. The summed E-state index contributed by atoms with van der Waals surface area (Å²) >= 11 is 0. The van der Waals surface area contributed by atoms with Crippen molar-refractivity contribution >= 4 is 28.5 Å². The molecule has 1 aliphatic heterocycles. The van der Waals surface area contributed by atoms with Crippen molar-refractivity contribution in [3.8, 4) is 82.2 Å². The van der Waals surface area contributed by atoms with Crippen LogP contribution < -0.4 is 0 Å². The van der Waals surface area contributed by atoms with Crippen molar-refractivity contribution in [1.82, 2.24) is 14.5 Å². The Kier molecular flexibility index (Phi) is 13.6. The number of aryl methyl sites for hydroxylation is 1. The third-order valence-electron chi connectivity index (χ3n) is 13.0. The molecule has 0 fully saturated rings. The minimum atomic E-state index is 0.551. The number of fused-ring (bicyclic) bond motifs is 1. The van der Waals surface area contributed by atoms with Crippen LogP contribution in [0.15, 0.2) is 206 Å². The van der Waals surface area contributed by atoms with E-state index in [4.69, 9.17) is 16.6 Å². The zero-order valence-corrected chi connectivity index (χ0v) is 40.1. The molecule has 0 atom stereocenters.